The zero-order valence-corrected chi connectivity index (χ0v) is 16.5. The number of hydrogen-bond acceptors (Lipinski definition) is 8. The molecule has 2 rings (SSSR count). The molecule has 1 N–H and O–H groups in total. The van der Waals surface area contributed by atoms with Crippen LogP contribution in [0.3, 0.4) is 0 Å². The van der Waals surface area contributed by atoms with Crippen molar-refractivity contribution in [3.05, 3.63) is 28.9 Å². The van der Waals surface area contributed by atoms with E-state index in [2.05, 4.69) is 9.51 Å². The zero-order chi connectivity index (χ0) is 14.0. The molecule has 0 saturated carbocycles. The number of rotatable bonds is 4. The van der Waals surface area contributed by atoms with E-state index in [1.807, 2.05) is 0 Å². The zero-order valence-electron chi connectivity index (χ0n) is 11.6. The van der Waals surface area contributed by atoms with Gasteiger partial charge < -0.3 is 28.7 Å². The molecular weight excluding hydrogens is 325 g/mol. The molecule has 0 spiro atoms. The van der Waals surface area contributed by atoms with E-state index in [-0.39, 0.29) is 65.5 Å². The van der Waals surface area contributed by atoms with Crippen molar-refractivity contribution in [2.24, 2.45) is 0 Å². The summed E-state index contributed by atoms with van der Waals surface area (Å²) >= 11 is 0. The number of nitrogens with zero attached hydrogens (tertiary/aromatic N) is 2. The van der Waals surface area contributed by atoms with Crippen LogP contribution < -0.4 is 74.6 Å². The van der Waals surface area contributed by atoms with E-state index in [4.69, 9.17) is 4.74 Å². The van der Waals surface area contributed by atoms with E-state index in [1.165, 1.54) is 18.5 Å². The molecule has 0 amide bonds. The van der Waals surface area contributed by atoms with Gasteiger partial charge in [0.25, 0.3) is 0 Å². The van der Waals surface area contributed by atoms with Gasteiger partial charge in [0.15, 0.2) is 0 Å². The molecule has 1 aromatic heterocycles. The van der Waals surface area contributed by atoms with Crippen LogP contribution in [0.1, 0.15) is 12.6 Å². The molecule has 2 heterocycles. The Balaban J connectivity index is 0.00000200. The fraction of sp³-hybridized carbons (Fsp3) is 0.556. The first-order valence-electron chi connectivity index (χ1n) is 5.40. The van der Waals surface area contributed by atoms with Gasteiger partial charge in [-0.25, -0.2) is 9.78 Å². The van der Waals surface area contributed by atoms with Gasteiger partial charge >= 0.3 is 64.8 Å². The number of phosphoric acid groups is 1. The van der Waals surface area contributed by atoms with E-state index < -0.39 is 38.6 Å². The summed E-state index contributed by atoms with van der Waals surface area (Å²) in [4.78, 5) is 35.7. The van der Waals surface area contributed by atoms with Crippen molar-refractivity contribution in [3.63, 3.8) is 0 Å². The van der Waals surface area contributed by atoms with Crippen LogP contribution in [-0.2, 0) is 13.8 Å². The molecule has 1 saturated heterocycles. The van der Waals surface area contributed by atoms with Gasteiger partial charge in [0.2, 0.25) is 0 Å². The van der Waals surface area contributed by atoms with Crippen molar-refractivity contribution in [3.8, 4) is 0 Å². The van der Waals surface area contributed by atoms with E-state index in [0.29, 0.717) is 0 Å². The first-order valence-corrected chi connectivity index (χ1v) is 6.86. The van der Waals surface area contributed by atoms with Gasteiger partial charge in [-0.2, -0.15) is 0 Å². The SMILES string of the molecule is O=c1ncccn1[C@H]1C[C@H](O)[C@@H](COP(=O)([O-])[O-])O1.[Na+].[Na+]. The monoisotopic (exact) mass is 336 g/mol. The third-order valence-corrected chi connectivity index (χ3v) is 3.12. The van der Waals surface area contributed by atoms with E-state index in [9.17, 15) is 24.3 Å². The van der Waals surface area contributed by atoms with Gasteiger partial charge in [-0.05, 0) is 6.07 Å². The fourth-order valence-electron chi connectivity index (χ4n) is 1.79. The van der Waals surface area contributed by atoms with Gasteiger partial charge in [0.1, 0.15) is 12.3 Å². The second-order valence-electron chi connectivity index (χ2n) is 3.98. The summed E-state index contributed by atoms with van der Waals surface area (Å²) in [5, 5.41) is 9.67. The quantitative estimate of drug-likeness (QED) is 0.423. The topological polar surface area (TPSA) is 137 Å². The Kier molecular flexibility index (Phi) is 9.67. The molecule has 21 heavy (non-hydrogen) atoms. The molecular formula is C9H11N2Na2O7P. The molecule has 1 aliphatic rings. The molecule has 0 aliphatic carbocycles. The van der Waals surface area contributed by atoms with Crippen molar-refractivity contribution >= 4 is 7.82 Å². The van der Waals surface area contributed by atoms with Crippen LogP contribution in [0.4, 0.5) is 0 Å². The van der Waals surface area contributed by atoms with Crippen molar-refractivity contribution in [2.45, 2.75) is 24.9 Å². The largest absolute Gasteiger partial charge is 1.00 e. The average molecular weight is 336 g/mol. The molecule has 1 aliphatic heterocycles. The summed E-state index contributed by atoms with van der Waals surface area (Å²) < 4.78 is 20.9. The normalized spacial score (nSPS) is 25.0. The fourth-order valence-corrected chi connectivity index (χ4v) is 2.12. The third kappa shape index (κ3) is 6.50. The number of ether oxygens (including phenoxy) is 1. The minimum atomic E-state index is -5.12. The van der Waals surface area contributed by atoms with Crippen LogP contribution in [-0.4, -0.2) is 33.5 Å². The van der Waals surface area contributed by atoms with Crippen LogP contribution in [0, 0.1) is 0 Å². The molecule has 106 valence electrons. The second kappa shape index (κ2) is 9.27. The molecule has 1 fully saturated rings. The van der Waals surface area contributed by atoms with Gasteiger partial charge in [0, 0.05) is 18.8 Å². The molecule has 3 atom stereocenters. The maximum atomic E-state index is 11.5. The summed E-state index contributed by atoms with van der Waals surface area (Å²) in [5.74, 6) is 0. The van der Waals surface area contributed by atoms with Crippen molar-refractivity contribution in [2.75, 3.05) is 6.61 Å². The molecule has 0 radical (unpaired) electrons. The Morgan fingerprint density at radius 1 is 1.52 bits per heavy atom. The number of hydrogen-bond donors (Lipinski definition) is 1. The van der Waals surface area contributed by atoms with E-state index in [0.717, 1.165) is 4.57 Å². The smallest absolute Gasteiger partial charge is 0.790 e. The summed E-state index contributed by atoms with van der Waals surface area (Å²) in [7, 11) is -5.12. The Hall–Kier alpha value is 0.910. The third-order valence-electron chi connectivity index (χ3n) is 2.65. The van der Waals surface area contributed by atoms with Crippen molar-refractivity contribution < 1.29 is 87.8 Å². The minimum absolute atomic E-state index is 0. The Bertz CT molecular complexity index is 551. The molecule has 9 nitrogen and oxygen atoms in total. The molecule has 0 unspecified atom stereocenters. The number of phosphoric ester groups is 1. The predicted molar refractivity (Wildman–Crippen MR) is 56.6 cm³/mol. The first-order chi connectivity index (χ1) is 8.87. The van der Waals surface area contributed by atoms with Gasteiger partial charge in [0.05, 0.1) is 20.5 Å². The summed E-state index contributed by atoms with van der Waals surface area (Å²) in [6.07, 6.45) is 0.0130. The number of aliphatic hydroxyl groups excluding tert-OH is 1. The number of aromatic nitrogens is 2. The van der Waals surface area contributed by atoms with E-state index in [1.54, 1.807) is 0 Å². The van der Waals surface area contributed by atoms with Crippen LogP contribution in [0.15, 0.2) is 23.3 Å². The van der Waals surface area contributed by atoms with Crippen molar-refractivity contribution in [1.82, 2.24) is 9.55 Å². The minimum Gasteiger partial charge on any atom is -0.790 e. The summed E-state index contributed by atoms with van der Waals surface area (Å²) in [6, 6.07) is 1.52. The second-order valence-corrected chi connectivity index (χ2v) is 5.14. The first kappa shape index (κ1) is 21.9. The van der Waals surface area contributed by atoms with Crippen LogP contribution in [0.25, 0.3) is 0 Å². The van der Waals surface area contributed by atoms with E-state index >= 15 is 0 Å². The van der Waals surface area contributed by atoms with Gasteiger partial charge in [-0.15, -0.1) is 0 Å². The van der Waals surface area contributed by atoms with Gasteiger partial charge in [-0.1, -0.05) is 0 Å². The maximum absolute atomic E-state index is 11.5. The Labute approximate surface area is 164 Å². The average Bonchev–Trinajstić information content (AvgIpc) is 2.68. The summed E-state index contributed by atoms with van der Waals surface area (Å²) in [6.45, 7) is -0.586. The molecule has 0 aromatic carbocycles. The summed E-state index contributed by atoms with van der Waals surface area (Å²) in [5.41, 5.74) is -0.556. The number of aliphatic hydroxyl groups is 1. The predicted octanol–water partition coefficient (Wildman–Crippen LogP) is -8.26. The van der Waals surface area contributed by atoms with Crippen LogP contribution >= 0.6 is 7.82 Å². The van der Waals surface area contributed by atoms with Crippen molar-refractivity contribution in [1.29, 1.82) is 0 Å². The Morgan fingerprint density at radius 3 is 2.76 bits per heavy atom. The molecule has 12 heteroatoms. The molecule has 1 aromatic rings. The van der Waals surface area contributed by atoms with Gasteiger partial charge in [-0.3, -0.25) is 4.57 Å². The molecule has 0 bridgehead atoms. The van der Waals surface area contributed by atoms with Crippen LogP contribution in [0.5, 0.6) is 0 Å². The van der Waals surface area contributed by atoms with Crippen LogP contribution in [0.2, 0.25) is 0 Å². The standard InChI is InChI=1S/C9H13N2O7P.2Na/c12-6-4-8(11-3-1-2-10-9(11)13)18-7(6)5-17-19(14,15)16;;/h1-3,6-8,12H,4-5H2,(H2,14,15,16);;/q;2*+1/p-2/t6-,7+,8+;;/m0../s1. The Morgan fingerprint density at radius 2 is 2.19 bits per heavy atom. The maximum Gasteiger partial charge on any atom is 1.00 e.